The first kappa shape index (κ1) is 15.8. The van der Waals surface area contributed by atoms with E-state index in [-0.39, 0.29) is 0 Å². The van der Waals surface area contributed by atoms with E-state index in [0.29, 0.717) is 0 Å². The molecule has 0 spiro atoms. The van der Waals surface area contributed by atoms with Crippen molar-refractivity contribution in [3.05, 3.63) is 41.8 Å². The molecule has 1 aromatic rings. The predicted octanol–water partition coefficient (Wildman–Crippen LogP) is 3.23. The zero-order valence-corrected chi connectivity index (χ0v) is 12.8. The highest BCUT2D eigenvalue weighted by atomic mass is 32.2. The quantitative estimate of drug-likeness (QED) is 0.493. The van der Waals surface area contributed by atoms with E-state index in [4.69, 9.17) is 0 Å². The van der Waals surface area contributed by atoms with Gasteiger partial charge in [-0.25, -0.2) is 0 Å². The molecule has 0 aliphatic rings. The summed E-state index contributed by atoms with van der Waals surface area (Å²) in [5.74, 6) is 0. The maximum atomic E-state index is 9.91. The topological polar surface area (TPSA) is 35.8 Å². The van der Waals surface area contributed by atoms with Crippen LogP contribution in [0.3, 0.4) is 0 Å². The van der Waals surface area contributed by atoms with Crippen molar-refractivity contribution in [2.24, 2.45) is 10.5 Å². The van der Waals surface area contributed by atoms with Crippen molar-refractivity contribution in [1.29, 1.82) is 0 Å². The Morgan fingerprint density at radius 3 is 2.47 bits per heavy atom. The lowest BCUT2D eigenvalue weighted by Gasteiger charge is -2.25. The minimum absolute atomic E-state index is 0.466. The lowest BCUT2D eigenvalue weighted by Crippen LogP contribution is -2.30. The molecule has 2 atom stereocenters. The van der Waals surface area contributed by atoms with Gasteiger partial charge in [0.05, 0.1) is 6.10 Å². The molecule has 0 unspecified atom stereocenters. The van der Waals surface area contributed by atoms with Crippen molar-refractivity contribution < 1.29 is 5.11 Å². The normalized spacial score (nSPS) is 16.7. The first-order chi connectivity index (χ1) is 8.94. The minimum Gasteiger partial charge on any atom is -0.392 e. The number of aliphatic hydroxyl groups is 1. The summed E-state index contributed by atoms with van der Waals surface area (Å²) in [5, 5.41) is 17.9. The van der Waals surface area contributed by atoms with E-state index in [1.807, 2.05) is 50.7 Å². The number of hydrogen-bond acceptors (Lipinski definition) is 4. The number of nitrogens with zero attached hydrogens (tertiary/aromatic N) is 2. The average Bonchev–Trinajstić information content (AvgIpc) is 2.37. The monoisotopic (exact) mass is 278 g/mol. The number of benzene rings is 1. The van der Waals surface area contributed by atoms with Crippen LogP contribution in [0.2, 0.25) is 0 Å². The molecule has 0 aliphatic carbocycles. The Balaban J connectivity index is 2.73. The molecule has 0 saturated carbocycles. The van der Waals surface area contributed by atoms with Crippen LogP contribution in [0.1, 0.15) is 13.8 Å². The summed E-state index contributed by atoms with van der Waals surface area (Å²) in [4.78, 5) is 1.18. The van der Waals surface area contributed by atoms with Crippen LogP contribution in [0.4, 0.5) is 0 Å². The van der Waals surface area contributed by atoms with Gasteiger partial charge in [0.15, 0.2) is 0 Å². The second-order valence-corrected chi connectivity index (χ2v) is 5.85. The zero-order chi connectivity index (χ0) is 14.3. The van der Waals surface area contributed by atoms with Gasteiger partial charge in [-0.3, -0.25) is 0 Å². The summed E-state index contributed by atoms with van der Waals surface area (Å²) < 4.78 is 0. The van der Waals surface area contributed by atoms with Gasteiger partial charge in [-0.1, -0.05) is 36.0 Å². The van der Waals surface area contributed by atoms with Crippen molar-refractivity contribution >= 4 is 18.0 Å². The molecule has 1 N–H and O–H groups in total. The van der Waals surface area contributed by atoms with Gasteiger partial charge in [-0.2, -0.15) is 5.10 Å². The van der Waals surface area contributed by atoms with E-state index in [1.54, 1.807) is 29.9 Å². The zero-order valence-electron chi connectivity index (χ0n) is 11.9. The average molecular weight is 278 g/mol. The van der Waals surface area contributed by atoms with Gasteiger partial charge in [0.25, 0.3) is 0 Å². The third-order valence-corrected chi connectivity index (χ3v) is 3.66. The highest BCUT2D eigenvalue weighted by Gasteiger charge is 2.25. The Hall–Kier alpha value is -1.26. The SMILES string of the molecule is C[C@@H](O)[C@](C)(/C=N\N(C)C)/C=C/Sc1ccccc1. The van der Waals surface area contributed by atoms with Crippen molar-refractivity contribution in [2.75, 3.05) is 14.1 Å². The highest BCUT2D eigenvalue weighted by molar-refractivity contribution is 8.02. The lowest BCUT2D eigenvalue weighted by atomic mass is 9.87. The lowest BCUT2D eigenvalue weighted by molar-refractivity contribution is 0.130. The van der Waals surface area contributed by atoms with Crippen LogP contribution in [0.15, 0.2) is 51.8 Å². The van der Waals surface area contributed by atoms with Gasteiger partial charge in [-0.05, 0) is 31.4 Å². The molecular weight excluding hydrogens is 256 g/mol. The van der Waals surface area contributed by atoms with E-state index in [0.717, 1.165) is 0 Å². The van der Waals surface area contributed by atoms with Crippen molar-refractivity contribution in [3.63, 3.8) is 0 Å². The molecule has 4 heteroatoms. The largest absolute Gasteiger partial charge is 0.392 e. The van der Waals surface area contributed by atoms with Crippen LogP contribution < -0.4 is 0 Å². The fraction of sp³-hybridized carbons (Fsp3) is 0.400. The molecule has 19 heavy (non-hydrogen) atoms. The van der Waals surface area contributed by atoms with Crippen LogP contribution in [0, 0.1) is 5.41 Å². The maximum Gasteiger partial charge on any atom is 0.0650 e. The first-order valence-electron chi connectivity index (χ1n) is 6.24. The van der Waals surface area contributed by atoms with E-state index in [9.17, 15) is 5.11 Å². The minimum atomic E-state index is -0.496. The van der Waals surface area contributed by atoms with Gasteiger partial charge >= 0.3 is 0 Å². The maximum absolute atomic E-state index is 9.91. The van der Waals surface area contributed by atoms with Crippen LogP contribution in [0.25, 0.3) is 0 Å². The number of thioether (sulfide) groups is 1. The predicted molar refractivity (Wildman–Crippen MR) is 83.4 cm³/mol. The summed E-state index contributed by atoms with van der Waals surface area (Å²) in [5.41, 5.74) is -0.466. The second kappa shape index (κ2) is 7.36. The Bertz CT molecular complexity index is 429. The molecule has 0 bridgehead atoms. The fourth-order valence-electron chi connectivity index (χ4n) is 1.29. The number of rotatable bonds is 6. The van der Waals surface area contributed by atoms with E-state index >= 15 is 0 Å². The molecule has 0 heterocycles. The summed E-state index contributed by atoms with van der Waals surface area (Å²) in [6, 6.07) is 10.1. The van der Waals surface area contributed by atoms with Gasteiger partial charge < -0.3 is 10.1 Å². The van der Waals surface area contributed by atoms with E-state index in [2.05, 4.69) is 17.2 Å². The molecule has 0 aromatic heterocycles. The van der Waals surface area contributed by atoms with Crippen LogP contribution in [-0.2, 0) is 0 Å². The van der Waals surface area contributed by atoms with E-state index < -0.39 is 11.5 Å². The van der Waals surface area contributed by atoms with Crippen LogP contribution in [-0.4, -0.2) is 36.5 Å². The Kier molecular flexibility index (Phi) is 6.12. The Morgan fingerprint density at radius 2 is 1.95 bits per heavy atom. The summed E-state index contributed by atoms with van der Waals surface area (Å²) >= 11 is 1.63. The first-order valence-corrected chi connectivity index (χ1v) is 7.12. The van der Waals surface area contributed by atoms with E-state index in [1.165, 1.54) is 4.90 Å². The molecule has 0 amide bonds. The molecule has 1 aromatic carbocycles. The second-order valence-electron chi connectivity index (χ2n) is 4.87. The fourth-order valence-corrected chi connectivity index (χ4v) is 2.12. The molecule has 0 radical (unpaired) electrons. The van der Waals surface area contributed by atoms with Crippen molar-refractivity contribution in [3.8, 4) is 0 Å². The summed E-state index contributed by atoms with van der Waals surface area (Å²) in [7, 11) is 3.72. The Labute approximate surface area is 120 Å². The smallest absolute Gasteiger partial charge is 0.0650 e. The third kappa shape index (κ3) is 5.49. The van der Waals surface area contributed by atoms with Crippen molar-refractivity contribution in [1.82, 2.24) is 5.01 Å². The van der Waals surface area contributed by atoms with Gasteiger partial charge in [0, 0.05) is 30.6 Å². The molecule has 0 saturated heterocycles. The number of hydrogen-bond donors (Lipinski definition) is 1. The van der Waals surface area contributed by atoms with Crippen LogP contribution >= 0.6 is 11.8 Å². The highest BCUT2D eigenvalue weighted by Crippen LogP contribution is 2.25. The molecule has 1 rings (SSSR count). The Morgan fingerprint density at radius 1 is 1.32 bits per heavy atom. The standard InChI is InChI=1S/C15H22N2OS/c1-13(18)15(2,12-16-17(3)4)10-11-19-14-8-6-5-7-9-14/h5-13,18H,1-4H3/b11-10+,16-12-/t13-,15+/m1/s1. The van der Waals surface area contributed by atoms with Gasteiger partial charge in [0.2, 0.25) is 0 Å². The number of hydrazone groups is 1. The van der Waals surface area contributed by atoms with Gasteiger partial charge in [-0.15, -0.1) is 0 Å². The molecule has 3 nitrogen and oxygen atoms in total. The number of aliphatic hydroxyl groups excluding tert-OH is 1. The summed E-state index contributed by atoms with van der Waals surface area (Å²) in [6.07, 6.45) is 3.27. The summed E-state index contributed by atoms with van der Waals surface area (Å²) in [6.45, 7) is 3.74. The van der Waals surface area contributed by atoms with Crippen molar-refractivity contribution in [2.45, 2.75) is 24.8 Å². The van der Waals surface area contributed by atoms with Crippen LogP contribution in [0.5, 0.6) is 0 Å². The molecular formula is C15H22N2OS. The molecule has 104 valence electrons. The van der Waals surface area contributed by atoms with Gasteiger partial charge in [0.1, 0.15) is 0 Å². The molecule has 0 fully saturated rings. The molecule has 0 aliphatic heterocycles. The third-order valence-electron chi connectivity index (χ3n) is 2.84.